The number of phenolic OH excluding ortho intramolecular Hbond substituents is 1. The Bertz CT molecular complexity index is 485. The summed E-state index contributed by atoms with van der Waals surface area (Å²) in [6.07, 6.45) is 7.98. The molecule has 1 aromatic rings. The van der Waals surface area contributed by atoms with E-state index in [-0.39, 0.29) is 10.8 Å². The number of hydrogen-bond acceptors (Lipinski definition) is 2. The predicted octanol–water partition coefficient (Wildman–Crippen LogP) is 6.44. The summed E-state index contributed by atoms with van der Waals surface area (Å²) < 4.78 is 0. The Balaban J connectivity index is 2.71. The smallest absolute Gasteiger partial charge is 0.123 e. The van der Waals surface area contributed by atoms with E-state index in [1.165, 1.54) is 44.1 Å². The Morgan fingerprint density at radius 1 is 0.800 bits per heavy atom. The second-order valence-corrected chi connectivity index (χ2v) is 9.48. The Hall–Kier alpha value is -1.02. The summed E-state index contributed by atoms with van der Waals surface area (Å²) in [5.41, 5.74) is 3.27. The summed E-state index contributed by atoms with van der Waals surface area (Å²) >= 11 is 0. The van der Waals surface area contributed by atoms with Gasteiger partial charge in [0.15, 0.2) is 0 Å². The van der Waals surface area contributed by atoms with Gasteiger partial charge in [0.1, 0.15) is 5.75 Å². The summed E-state index contributed by atoms with van der Waals surface area (Å²) in [7, 11) is 0. The van der Waals surface area contributed by atoms with Gasteiger partial charge in [0.05, 0.1) is 0 Å². The van der Waals surface area contributed by atoms with Crippen molar-refractivity contribution < 1.29 is 5.11 Å². The molecule has 1 aromatic carbocycles. The van der Waals surface area contributed by atoms with Crippen molar-refractivity contribution in [1.82, 2.24) is 5.32 Å². The van der Waals surface area contributed by atoms with Gasteiger partial charge in [0.2, 0.25) is 0 Å². The lowest BCUT2D eigenvalue weighted by Crippen LogP contribution is -2.20. The van der Waals surface area contributed by atoms with E-state index in [4.69, 9.17) is 0 Å². The number of rotatable bonds is 9. The van der Waals surface area contributed by atoms with E-state index in [0.29, 0.717) is 5.75 Å². The number of aromatic hydroxyl groups is 1. The first-order valence-corrected chi connectivity index (χ1v) is 10.1. The zero-order chi connectivity index (χ0) is 19.1. The highest BCUT2D eigenvalue weighted by atomic mass is 16.3. The van der Waals surface area contributed by atoms with Crippen LogP contribution in [-0.4, -0.2) is 11.7 Å². The maximum Gasteiger partial charge on any atom is 0.123 e. The highest BCUT2D eigenvalue weighted by Crippen LogP contribution is 2.39. The molecule has 25 heavy (non-hydrogen) atoms. The molecule has 2 heteroatoms. The van der Waals surface area contributed by atoms with Gasteiger partial charge < -0.3 is 10.4 Å². The molecule has 0 aliphatic rings. The Morgan fingerprint density at radius 2 is 1.28 bits per heavy atom. The first-order valence-electron chi connectivity index (χ1n) is 10.1. The predicted molar refractivity (Wildman–Crippen MR) is 111 cm³/mol. The summed E-state index contributed by atoms with van der Waals surface area (Å²) in [5, 5.41) is 14.4. The van der Waals surface area contributed by atoms with Crippen LogP contribution in [0.3, 0.4) is 0 Å². The van der Waals surface area contributed by atoms with Crippen molar-refractivity contribution in [3.63, 3.8) is 0 Å². The summed E-state index contributed by atoms with van der Waals surface area (Å²) in [4.78, 5) is 0. The quantitative estimate of drug-likeness (QED) is 0.504. The normalized spacial score (nSPS) is 12.6. The highest BCUT2D eigenvalue weighted by Gasteiger charge is 2.26. The average molecular weight is 348 g/mol. The molecule has 144 valence electrons. The van der Waals surface area contributed by atoms with Gasteiger partial charge in [-0.1, -0.05) is 92.7 Å². The molecule has 0 saturated carbocycles. The number of benzene rings is 1. The largest absolute Gasteiger partial charge is 0.507 e. The Morgan fingerprint density at radius 3 is 1.76 bits per heavy atom. The van der Waals surface area contributed by atoms with Gasteiger partial charge in [-0.25, -0.2) is 0 Å². The lowest BCUT2D eigenvalue weighted by molar-refractivity contribution is 0.422. The molecule has 1 rings (SSSR count). The number of nitrogens with one attached hydrogen (secondary N) is 1. The van der Waals surface area contributed by atoms with Crippen LogP contribution in [0.25, 0.3) is 0 Å². The number of unbranched alkanes of at least 4 members (excludes halogenated alkanes) is 5. The third-order valence-corrected chi connectivity index (χ3v) is 4.82. The lowest BCUT2D eigenvalue weighted by atomic mass is 9.78. The van der Waals surface area contributed by atoms with Crippen LogP contribution in [0, 0.1) is 0 Å². The molecular weight excluding hydrogens is 306 g/mol. The molecule has 0 unspecified atom stereocenters. The van der Waals surface area contributed by atoms with Gasteiger partial charge in [-0.3, -0.25) is 0 Å². The van der Waals surface area contributed by atoms with Crippen molar-refractivity contribution in [1.29, 1.82) is 0 Å². The van der Waals surface area contributed by atoms with E-state index in [9.17, 15) is 5.11 Å². The van der Waals surface area contributed by atoms with E-state index in [2.05, 4.69) is 65.9 Å². The molecule has 0 saturated heterocycles. The summed E-state index contributed by atoms with van der Waals surface area (Å²) in [6, 6.07) is 4.36. The van der Waals surface area contributed by atoms with Crippen LogP contribution in [0.15, 0.2) is 12.1 Å². The molecule has 0 bridgehead atoms. The van der Waals surface area contributed by atoms with Crippen LogP contribution in [0.4, 0.5) is 0 Å². The first kappa shape index (κ1) is 22.0. The molecule has 0 aliphatic heterocycles. The molecule has 0 amide bonds. The van der Waals surface area contributed by atoms with Crippen molar-refractivity contribution in [3.05, 3.63) is 28.8 Å². The Kier molecular flexibility index (Phi) is 8.47. The molecule has 0 fully saturated rings. The minimum Gasteiger partial charge on any atom is -0.507 e. The first-order chi connectivity index (χ1) is 11.6. The van der Waals surface area contributed by atoms with E-state index in [0.717, 1.165) is 24.2 Å². The molecule has 0 aromatic heterocycles. The molecule has 0 heterocycles. The van der Waals surface area contributed by atoms with Crippen LogP contribution < -0.4 is 5.32 Å². The number of phenols is 1. The minimum absolute atomic E-state index is 0.0562. The Labute approximate surface area is 156 Å². The average Bonchev–Trinajstić information content (AvgIpc) is 2.48. The molecule has 0 aliphatic carbocycles. The fourth-order valence-electron chi connectivity index (χ4n) is 3.20. The second-order valence-electron chi connectivity index (χ2n) is 9.48. The van der Waals surface area contributed by atoms with Crippen molar-refractivity contribution in [2.45, 2.75) is 104 Å². The summed E-state index contributed by atoms with van der Waals surface area (Å²) in [6.45, 7) is 17.2. The zero-order valence-electron chi connectivity index (χ0n) is 17.8. The van der Waals surface area contributed by atoms with E-state index in [1.807, 2.05) is 0 Å². The molecule has 2 N–H and O–H groups in total. The van der Waals surface area contributed by atoms with E-state index in [1.54, 1.807) is 0 Å². The maximum absolute atomic E-state index is 10.8. The number of hydrogen-bond donors (Lipinski definition) is 2. The van der Waals surface area contributed by atoms with Crippen molar-refractivity contribution in [2.24, 2.45) is 0 Å². The standard InChI is InChI=1S/C23H41NO/c1-8-9-10-11-12-13-14-24-17-18-15-19(22(2,3)4)21(25)20(16-18)23(5,6)7/h15-16,24-25H,8-14,17H2,1-7H3. The lowest BCUT2D eigenvalue weighted by Gasteiger charge is -2.28. The molecule has 0 atom stereocenters. The molecule has 0 radical (unpaired) electrons. The zero-order valence-corrected chi connectivity index (χ0v) is 17.8. The van der Waals surface area contributed by atoms with E-state index < -0.39 is 0 Å². The van der Waals surface area contributed by atoms with Crippen LogP contribution in [-0.2, 0) is 17.4 Å². The highest BCUT2D eigenvalue weighted by molar-refractivity contribution is 5.49. The van der Waals surface area contributed by atoms with Gasteiger partial charge in [-0.05, 0) is 40.5 Å². The van der Waals surface area contributed by atoms with Crippen molar-refractivity contribution in [3.8, 4) is 5.75 Å². The molecular formula is C23H41NO. The van der Waals surface area contributed by atoms with Crippen LogP contribution >= 0.6 is 0 Å². The topological polar surface area (TPSA) is 32.3 Å². The van der Waals surface area contributed by atoms with Gasteiger partial charge >= 0.3 is 0 Å². The van der Waals surface area contributed by atoms with E-state index >= 15 is 0 Å². The van der Waals surface area contributed by atoms with Crippen molar-refractivity contribution in [2.75, 3.05) is 6.54 Å². The SMILES string of the molecule is CCCCCCCCNCc1cc(C(C)(C)C)c(O)c(C(C)(C)C)c1. The third-order valence-electron chi connectivity index (χ3n) is 4.82. The fraction of sp³-hybridized carbons (Fsp3) is 0.739. The van der Waals surface area contributed by atoms with Gasteiger partial charge in [-0.2, -0.15) is 0 Å². The second kappa shape index (κ2) is 9.62. The van der Waals surface area contributed by atoms with Crippen LogP contribution in [0.1, 0.15) is 104 Å². The minimum atomic E-state index is -0.0562. The monoisotopic (exact) mass is 347 g/mol. The van der Waals surface area contributed by atoms with Crippen molar-refractivity contribution >= 4 is 0 Å². The maximum atomic E-state index is 10.8. The van der Waals surface area contributed by atoms with Crippen LogP contribution in [0.5, 0.6) is 5.75 Å². The summed E-state index contributed by atoms with van der Waals surface area (Å²) in [5.74, 6) is 0.472. The van der Waals surface area contributed by atoms with Gasteiger partial charge in [-0.15, -0.1) is 0 Å². The molecule has 2 nitrogen and oxygen atoms in total. The van der Waals surface area contributed by atoms with Crippen LogP contribution in [0.2, 0.25) is 0 Å². The fourth-order valence-corrected chi connectivity index (χ4v) is 3.20. The van der Waals surface area contributed by atoms with Gasteiger partial charge in [0.25, 0.3) is 0 Å². The van der Waals surface area contributed by atoms with Gasteiger partial charge in [0, 0.05) is 6.54 Å². The third kappa shape index (κ3) is 7.40. The molecule has 0 spiro atoms.